The van der Waals surface area contributed by atoms with Crippen LogP contribution in [0.5, 0.6) is 0 Å². The highest BCUT2D eigenvalue weighted by Crippen LogP contribution is 2.22. The third-order valence-electron chi connectivity index (χ3n) is 3.84. The number of carbonyl (C=O) groups excluding carboxylic acids is 1. The van der Waals surface area contributed by atoms with E-state index < -0.39 is 5.54 Å². The summed E-state index contributed by atoms with van der Waals surface area (Å²) >= 11 is 5.91. The Labute approximate surface area is 148 Å². The van der Waals surface area contributed by atoms with Crippen LogP contribution in [0.15, 0.2) is 54.6 Å². The van der Waals surface area contributed by atoms with Gasteiger partial charge in [0.2, 0.25) is 5.91 Å². The minimum atomic E-state index is -0.471. The second-order valence-electron chi connectivity index (χ2n) is 6.44. The van der Waals surface area contributed by atoms with Gasteiger partial charge in [0.15, 0.2) is 0 Å². The van der Waals surface area contributed by atoms with E-state index in [2.05, 4.69) is 5.32 Å². The van der Waals surface area contributed by atoms with Gasteiger partial charge in [0, 0.05) is 30.9 Å². The van der Waals surface area contributed by atoms with Gasteiger partial charge in [0.25, 0.3) is 0 Å². The molecule has 0 radical (unpaired) electrons. The fourth-order valence-electron chi connectivity index (χ4n) is 2.34. The van der Waals surface area contributed by atoms with Crippen molar-refractivity contribution >= 4 is 29.3 Å². The first-order valence-electron chi connectivity index (χ1n) is 7.81. The van der Waals surface area contributed by atoms with Crippen molar-refractivity contribution in [2.45, 2.75) is 19.4 Å². The topological polar surface area (TPSA) is 32.3 Å². The van der Waals surface area contributed by atoms with Crippen molar-refractivity contribution in [2.75, 3.05) is 19.0 Å². The lowest BCUT2D eigenvalue weighted by molar-refractivity contribution is -0.118. The van der Waals surface area contributed by atoms with Gasteiger partial charge in [-0.05, 0) is 55.3 Å². The van der Waals surface area contributed by atoms with Gasteiger partial charge in [-0.2, -0.15) is 0 Å². The Morgan fingerprint density at radius 3 is 2.17 bits per heavy atom. The molecule has 1 N–H and O–H groups in total. The first-order valence-corrected chi connectivity index (χ1v) is 8.19. The van der Waals surface area contributed by atoms with Crippen LogP contribution in [0.3, 0.4) is 0 Å². The number of hydrogen-bond acceptors (Lipinski definition) is 2. The molecule has 2 aromatic carbocycles. The third-order valence-corrected chi connectivity index (χ3v) is 4.09. The Bertz CT molecular complexity index is 716. The lowest BCUT2D eigenvalue weighted by Gasteiger charge is -2.26. The number of hydrogen-bond donors (Lipinski definition) is 1. The fourth-order valence-corrected chi connectivity index (χ4v) is 2.47. The van der Waals surface area contributed by atoms with E-state index in [-0.39, 0.29) is 5.91 Å². The number of amides is 1. The number of rotatable bonds is 5. The molecule has 3 nitrogen and oxygen atoms in total. The van der Waals surface area contributed by atoms with E-state index in [4.69, 9.17) is 11.6 Å². The van der Waals surface area contributed by atoms with Crippen molar-refractivity contribution in [2.24, 2.45) is 0 Å². The monoisotopic (exact) mass is 342 g/mol. The molecule has 0 spiro atoms. The van der Waals surface area contributed by atoms with Gasteiger partial charge in [-0.25, -0.2) is 0 Å². The molecule has 0 atom stereocenters. The molecule has 0 aliphatic carbocycles. The molecule has 2 rings (SSSR count). The summed E-state index contributed by atoms with van der Waals surface area (Å²) in [5.41, 5.74) is 2.64. The van der Waals surface area contributed by atoms with Crippen LogP contribution in [0.25, 0.3) is 6.08 Å². The van der Waals surface area contributed by atoms with Crippen molar-refractivity contribution < 1.29 is 4.79 Å². The van der Waals surface area contributed by atoms with E-state index in [1.54, 1.807) is 6.08 Å². The van der Waals surface area contributed by atoms with E-state index in [0.717, 1.165) is 16.8 Å². The minimum Gasteiger partial charge on any atom is -0.378 e. The molecule has 0 fully saturated rings. The zero-order valence-corrected chi connectivity index (χ0v) is 15.3. The summed E-state index contributed by atoms with van der Waals surface area (Å²) in [6.45, 7) is 3.93. The molecular weight excluding hydrogens is 320 g/mol. The molecule has 24 heavy (non-hydrogen) atoms. The molecule has 1 amide bonds. The van der Waals surface area contributed by atoms with Crippen LogP contribution in [0, 0.1) is 0 Å². The Morgan fingerprint density at radius 1 is 1.04 bits per heavy atom. The van der Waals surface area contributed by atoms with Crippen molar-refractivity contribution in [3.05, 3.63) is 70.8 Å². The van der Waals surface area contributed by atoms with E-state index in [1.807, 2.05) is 87.4 Å². The van der Waals surface area contributed by atoms with Crippen LogP contribution in [0.2, 0.25) is 5.02 Å². The van der Waals surface area contributed by atoms with Crippen LogP contribution < -0.4 is 10.2 Å². The van der Waals surface area contributed by atoms with E-state index in [9.17, 15) is 4.79 Å². The van der Waals surface area contributed by atoms with Crippen LogP contribution >= 0.6 is 11.6 Å². The zero-order valence-electron chi connectivity index (χ0n) is 14.5. The zero-order chi connectivity index (χ0) is 17.7. The van der Waals surface area contributed by atoms with Gasteiger partial charge in [-0.1, -0.05) is 35.9 Å². The Morgan fingerprint density at radius 2 is 1.62 bits per heavy atom. The standard InChI is InChI=1S/C20H23ClN2O/c1-20(2,16-8-10-17(21)11-9-16)22-19(24)14-7-15-5-12-18(13-6-15)23(3)4/h5-14H,1-4H3,(H,22,24)/b14-7+. The molecular formula is C20H23ClN2O. The van der Waals surface area contributed by atoms with Crippen LogP contribution in [0.4, 0.5) is 5.69 Å². The number of benzene rings is 2. The normalized spacial score (nSPS) is 11.5. The van der Waals surface area contributed by atoms with Crippen LogP contribution in [-0.4, -0.2) is 20.0 Å². The molecule has 0 bridgehead atoms. The Hall–Kier alpha value is -2.26. The van der Waals surface area contributed by atoms with Crippen molar-refractivity contribution in [1.29, 1.82) is 0 Å². The lowest BCUT2D eigenvalue weighted by Crippen LogP contribution is -2.40. The molecule has 2 aromatic rings. The molecule has 0 aromatic heterocycles. The van der Waals surface area contributed by atoms with E-state index in [0.29, 0.717) is 5.02 Å². The molecule has 0 aliphatic rings. The average Bonchev–Trinajstić information content (AvgIpc) is 2.53. The Kier molecular flexibility index (Phi) is 5.68. The second-order valence-corrected chi connectivity index (χ2v) is 6.88. The highest BCUT2D eigenvalue weighted by Gasteiger charge is 2.21. The van der Waals surface area contributed by atoms with Gasteiger partial charge in [0.05, 0.1) is 5.54 Å². The summed E-state index contributed by atoms with van der Waals surface area (Å²) in [5.74, 6) is -0.133. The highest BCUT2D eigenvalue weighted by molar-refractivity contribution is 6.30. The van der Waals surface area contributed by atoms with Gasteiger partial charge in [-0.15, -0.1) is 0 Å². The van der Waals surface area contributed by atoms with Gasteiger partial charge < -0.3 is 10.2 Å². The van der Waals surface area contributed by atoms with Crippen LogP contribution in [0.1, 0.15) is 25.0 Å². The third kappa shape index (κ3) is 4.87. The Balaban J connectivity index is 2.02. The van der Waals surface area contributed by atoms with Crippen molar-refractivity contribution in [1.82, 2.24) is 5.32 Å². The summed E-state index contributed by atoms with van der Waals surface area (Å²) in [6.07, 6.45) is 3.37. The highest BCUT2D eigenvalue weighted by atomic mass is 35.5. The summed E-state index contributed by atoms with van der Waals surface area (Å²) < 4.78 is 0. The number of carbonyl (C=O) groups is 1. The van der Waals surface area contributed by atoms with E-state index >= 15 is 0 Å². The molecule has 0 unspecified atom stereocenters. The first kappa shape index (κ1) is 18.1. The first-order chi connectivity index (χ1) is 11.3. The average molecular weight is 343 g/mol. The minimum absolute atomic E-state index is 0.133. The maximum absolute atomic E-state index is 12.2. The van der Waals surface area contributed by atoms with Crippen molar-refractivity contribution in [3.63, 3.8) is 0 Å². The smallest absolute Gasteiger partial charge is 0.244 e. The SMILES string of the molecule is CN(C)c1ccc(/C=C/C(=O)NC(C)(C)c2ccc(Cl)cc2)cc1. The summed E-state index contributed by atoms with van der Waals surface area (Å²) in [4.78, 5) is 14.3. The molecule has 0 heterocycles. The fraction of sp³-hybridized carbons (Fsp3) is 0.250. The molecule has 126 valence electrons. The predicted octanol–water partition coefficient (Wildman–Crippen LogP) is 4.47. The molecule has 4 heteroatoms. The van der Waals surface area contributed by atoms with Gasteiger partial charge in [-0.3, -0.25) is 4.79 Å². The lowest BCUT2D eigenvalue weighted by atomic mass is 9.94. The molecule has 0 saturated carbocycles. The van der Waals surface area contributed by atoms with Gasteiger partial charge in [0.1, 0.15) is 0 Å². The predicted molar refractivity (Wildman–Crippen MR) is 102 cm³/mol. The van der Waals surface area contributed by atoms with Gasteiger partial charge >= 0.3 is 0 Å². The largest absolute Gasteiger partial charge is 0.378 e. The molecule has 0 saturated heterocycles. The second kappa shape index (κ2) is 7.54. The van der Waals surface area contributed by atoms with Crippen LogP contribution in [-0.2, 0) is 10.3 Å². The number of nitrogens with one attached hydrogen (secondary N) is 1. The number of nitrogens with zero attached hydrogens (tertiary/aromatic N) is 1. The van der Waals surface area contributed by atoms with Crippen molar-refractivity contribution in [3.8, 4) is 0 Å². The maximum Gasteiger partial charge on any atom is 0.244 e. The number of anilines is 1. The summed E-state index contributed by atoms with van der Waals surface area (Å²) in [6, 6.07) is 15.5. The quantitative estimate of drug-likeness (QED) is 0.813. The maximum atomic E-state index is 12.2. The molecule has 0 aliphatic heterocycles. The van der Waals surface area contributed by atoms with E-state index in [1.165, 1.54) is 0 Å². The number of halogens is 1. The summed E-state index contributed by atoms with van der Waals surface area (Å²) in [7, 11) is 3.99. The summed E-state index contributed by atoms with van der Waals surface area (Å²) in [5, 5.41) is 3.70.